The summed E-state index contributed by atoms with van der Waals surface area (Å²) in [6, 6.07) is 7.10. The summed E-state index contributed by atoms with van der Waals surface area (Å²) in [6.45, 7) is 6.42. The number of hydrogen-bond donors (Lipinski definition) is 3. The Morgan fingerprint density at radius 1 is 1.02 bits per heavy atom. The lowest BCUT2D eigenvalue weighted by molar-refractivity contribution is -0.140. The number of hydrogen-bond acceptors (Lipinski definition) is 9. The molecule has 5 atom stereocenters. The predicted octanol–water partition coefficient (Wildman–Crippen LogP) is 5.50. The highest BCUT2D eigenvalue weighted by molar-refractivity contribution is 7.91. The molecule has 6 aliphatic rings. The number of ether oxygens (including phenoxy) is 2. The van der Waals surface area contributed by atoms with E-state index in [4.69, 9.17) is 14.5 Å². The standard InChI is InChI=1S/C41H55N5O7S/c1-27-34-31(30-14-9-10-15-32(30)42-27)17-20-40(52-34)24-33-35(47)44-41(36(48)45-54(50,51)39(3)22-23-39)21-16-28(41)12-7-5-4-6-8-13-29(25-46(33)26-40)43-37(49)53-38(2)18-11-19-38/h7,9-10,12,14-15,28-29,33H,4-6,8,11,13,16-26H2,1-3H3,(H,43,49)(H,44,47)(H,45,48). The fourth-order valence-electron chi connectivity index (χ4n) is 9.35. The van der Waals surface area contributed by atoms with Crippen LogP contribution in [0.25, 0.3) is 10.9 Å². The van der Waals surface area contributed by atoms with Gasteiger partial charge in [0.05, 0.1) is 22.0 Å². The number of aromatic nitrogens is 1. The molecular weight excluding hydrogens is 707 g/mol. The monoisotopic (exact) mass is 761 g/mol. The van der Waals surface area contributed by atoms with Crippen LogP contribution in [0.1, 0.15) is 115 Å². The molecule has 1 aromatic carbocycles. The number of rotatable bonds is 5. The SMILES string of the molecule is Cc1nc2ccccc2c2c1OC1(CC2)CC2C(=O)NC3(C(=O)NS(=O)(=O)C4(C)CC4)CCC3C=CCCCCCC(NC(=O)OC3(C)CCC3)CN2C1. The van der Waals surface area contributed by atoms with E-state index in [1.54, 1.807) is 6.92 Å². The van der Waals surface area contributed by atoms with Crippen LogP contribution in [0.5, 0.6) is 5.75 Å². The van der Waals surface area contributed by atoms with Gasteiger partial charge in [-0.1, -0.05) is 43.2 Å². The van der Waals surface area contributed by atoms with Crippen LogP contribution in [0.15, 0.2) is 36.4 Å². The Kier molecular flexibility index (Phi) is 9.51. The Hall–Kier alpha value is -3.71. The summed E-state index contributed by atoms with van der Waals surface area (Å²) in [5, 5.41) is 7.39. The Bertz CT molecular complexity index is 1980. The molecule has 2 aromatic rings. The summed E-state index contributed by atoms with van der Waals surface area (Å²) >= 11 is 0. The molecule has 292 valence electrons. The van der Waals surface area contributed by atoms with Crippen molar-refractivity contribution in [1.82, 2.24) is 25.2 Å². The van der Waals surface area contributed by atoms with Gasteiger partial charge in [0, 0.05) is 42.4 Å². The first-order valence-corrected chi connectivity index (χ1v) is 21.6. The van der Waals surface area contributed by atoms with Crippen molar-refractivity contribution < 1.29 is 32.3 Å². The van der Waals surface area contributed by atoms with E-state index in [0.717, 1.165) is 85.7 Å². The zero-order chi connectivity index (χ0) is 37.9. The highest BCUT2D eigenvalue weighted by atomic mass is 32.2. The van der Waals surface area contributed by atoms with E-state index in [-0.39, 0.29) is 17.9 Å². The Balaban J connectivity index is 1.11. The third kappa shape index (κ3) is 6.88. The average Bonchev–Trinajstić information content (AvgIpc) is 3.78. The molecule has 0 radical (unpaired) electrons. The molecule has 3 aliphatic carbocycles. The minimum atomic E-state index is -3.93. The number of carbonyl (C=O) groups is 3. The number of allylic oxidation sites excluding steroid dienone is 1. The summed E-state index contributed by atoms with van der Waals surface area (Å²) < 4.78 is 40.9. The number of para-hydroxylation sites is 1. The number of amides is 3. The molecule has 8 rings (SSSR count). The summed E-state index contributed by atoms with van der Waals surface area (Å²) in [5.74, 6) is -0.587. The van der Waals surface area contributed by atoms with E-state index in [0.29, 0.717) is 51.6 Å². The fraction of sp³-hybridized carbons (Fsp3) is 0.659. The lowest BCUT2D eigenvalue weighted by Gasteiger charge is -2.48. The molecule has 5 unspecified atom stereocenters. The summed E-state index contributed by atoms with van der Waals surface area (Å²) in [6.07, 6.45) is 14.4. The molecular formula is C41H55N5O7S. The number of benzene rings is 1. The molecule has 3 aliphatic heterocycles. The topological polar surface area (TPSA) is 156 Å². The van der Waals surface area contributed by atoms with Crippen LogP contribution < -0.4 is 20.1 Å². The molecule has 4 heterocycles. The first kappa shape index (κ1) is 37.2. The molecule has 13 heteroatoms. The second-order valence-corrected chi connectivity index (χ2v) is 19.7. The molecule has 4 fully saturated rings. The highest BCUT2D eigenvalue weighted by Crippen LogP contribution is 2.47. The van der Waals surface area contributed by atoms with E-state index in [1.807, 2.05) is 38.1 Å². The van der Waals surface area contributed by atoms with Gasteiger partial charge in [0.15, 0.2) is 0 Å². The van der Waals surface area contributed by atoms with Gasteiger partial charge >= 0.3 is 6.09 Å². The number of nitrogens with zero attached hydrogens (tertiary/aromatic N) is 2. The smallest absolute Gasteiger partial charge is 0.407 e. The lowest BCUT2D eigenvalue weighted by atomic mass is 9.65. The van der Waals surface area contributed by atoms with Crippen molar-refractivity contribution >= 4 is 38.8 Å². The lowest BCUT2D eigenvalue weighted by Crippen LogP contribution is -2.70. The number of fused-ring (bicyclic) bond motifs is 5. The normalized spacial score (nSPS) is 31.8. The molecule has 1 aromatic heterocycles. The molecule has 54 heavy (non-hydrogen) atoms. The van der Waals surface area contributed by atoms with Crippen molar-refractivity contribution in [2.45, 2.75) is 151 Å². The maximum absolute atomic E-state index is 14.8. The second kappa shape index (κ2) is 13.8. The van der Waals surface area contributed by atoms with Gasteiger partial charge in [-0.3, -0.25) is 19.2 Å². The van der Waals surface area contributed by atoms with Crippen LogP contribution in [-0.4, -0.2) is 82.9 Å². The first-order valence-electron chi connectivity index (χ1n) is 20.1. The van der Waals surface area contributed by atoms with Crippen LogP contribution in [0.4, 0.5) is 4.79 Å². The van der Waals surface area contributed by atoms with Gasteiger partial charge in [0.25, 0.3) is 5.91 Å². The average molecular weight is 762 g/mol. The van der Waals surface area contributed by atoms with Crippen molar-refractivity contribution in [3.63, 3.8) is 0 Å². The highest BCUT2D eigenvalue weighted by Gasteiger charge is 2.59. The van der Waals surface area contributed by atoms with Crippen LogP contribution in [0.2, 0.25) is 0 Å². The molecule has 3 N–H and O–H groups in total. The molecule has 3 saturated carbocycles. The predicted molar refractivity (Wildman–Crippen MR) is 204 cm³/mol. The first-order chi connectivity index (χ1) is 25.7. The van der Waals surface area contributed by atoms with Crippen LogP contribution in [0, 0.1) is 12.8 Å². The molecule has 1 saturated heterocycles. The van der Waals surface area contributed by atoms with Crippen LogP contribution in [-0.2, 0) is 30.8 Å². The minimum Gasteiger partial charge on any atom is -0.484 e. The minimum absolute atomic E-state index is 0.284. The van der Waals surface area contributed by atoms with Gasteiger partial charge in [-0.2, -0.15) is 0 Å². The van der Waals surface area contributed by atoms with Gasteiger partial charge in [0.2, 0.25) is 15.9 Å². The number of nitrogens with one attached hydrogen (secondary N) is 3. The molecule has 1 spiro atoms. The van der Waals surface area contributed by atoms with Crippen molar-refractivity contribution in [2.24, 2.45) is 5.92 Å². The summed E-state index contributed by atoms with van der Waals surface area (Å²) in [5.41, 5.74) is 0.288. The largest absolute Gasteiger partial charge is 0.484 e. The van der Waals surface area contributed by atoms with Crippen molar-refractivity contribution in [2.75, 3.05) is 13.1 Å². The van der Waals surface area contributed by atoms with E-state index in [1.165, 1.54) is 0 Å². The van der Waals surface area contributed by atoms with Crippen molar-refractivity contribution in [3.8, 4) is 5.75 Å². The Labute approximate surface area is 318 Å². The van der Waals surface area contributed by atoms with E-state index in [9.17, 15) is 22.8 Å². The van der Waals surface area contributed by atoms with Gasteiger partial charge < -0.3 is 20.1 Å². The van der Waals surface area contributed by atoms with Crippen LogP contribution >= 0.6 is 0 Å². The quantitative estimate of drug-likeness (QED) is 0.335. The third-order valence-electron chi connectivity index (χ3n) is 13.5. The Morgan fingerprint density at radius 3 is 2.54 bits per heavy atom. The van der Waals surface area contributed by atoms with Crippen molar-refractivity contribution in [1.29, 1.82) is 0 Å². The Morgan fingerprint density at radius 2 is 1.81 bits per heavy atom. The van der Waals surface area contributed by atoms with Gasteiger partial charge in [0.1, 0.15) is 22.5 Å². The summed E-state index contributed by atoms with van der Waals surface area (Å²) in [7, 11) is -3.93. The number of aryl methyl sites for hydroxylation is 2. The van der Waals surface area contributed by atoms with Crippen LogP contribution in [0.3, 0.4) is 0 Å². The molecule has 0 bridgehead atoms. The second-order valence-electron chi connectivity index (χ2n) is 17.5. The molecule has 12 nitrogen and oxygen atoms in total. The van der Waals surface area contributed by atoms with Gasteiger partial charge in [-0.05, 0) is 104 Å². The van der Waals surface area contributed by atoms with Gasteiger partial charge in [-0.15, -0.1) is 0 Å². The van der Waals surface area contributed by atoms with Crippen molar-refractivity contribution in [3.05, 3.63) is 47.7 Å². The zero-order valence-electron chi connectivity index (χ0n) is 31.9. The maximum Gasteiger partial charge on any atom is 0.407 e. The maximum atomic E-state index is 14.8. The molecule has 3 amide bonds. The number of alkyl carbamates (subject to hydrolysis) is 1. The van der Waals surface area contributed by atoms with E-state index < -0.39 is 49.6 Å². The number of pyridine rings is 1. The number of sulfonamides is 1. The fourth-order valence-corrected chi connectivity index (χ4v) is 10.7. The number of carbonyl (C=O) groups excluding carboxylic acids is 3. The summed E-state index contributed by atoms with van der Waals surface area (Å²) in [4.78, 5) is 49.2. The zero-order valence-corrected chi connectivity index (χ0v) is 32.7. The van der Waals surface area contributed by atoms with E-state index >= 15 is 0 Å². The van der Waals surface area contributed by atoms with Gasteiger partial charge in [-0.25, -0.2) is 18.2 Å². The van der Waals surface area contributed by atoms with E-state index in [2.05, 4.69) is 32.4 Å². The third-order valence-corrected chi connectivity index (χ3v) is 15.6.